The zero-order valence-electron chi connectivity index (χ0n) is 8.70. The third kappa shape index (κ3) is 2.71. The number of imidazole rings is 1. The molecule has 2 N–H and O–H groups in total. The lowest BCUT2D eigenvalue weighted by atomic mass is 10.1. The molecular formula is C10H16N4O. The van der Waals surface area contributed by atoms with Crippen LogP contribution in [0.4, 0.5) is 4.79 Å². The summed E-state index contributed by atoms with van der Waals surface area (Å²) < 4.78 is 0. The van der Waals surface area contributed by atoms with Crippen molar-refractivity contribution in [3.05, 3.63) is 18.2 Å². The van der Waals surface area contributed by atoms with Gasteiger partial charge >= 0.3 is 6.03 Å². The van der Waals surface area contributed by atoms with Crippen molar-refractivity contribution in [3.63, 3.8) is 0 Å². The summed E-state index contributed by atoms with van der Waals surface area (Å²) in [4.78, 5) is 20.5. The molecule has 0 aliphatic carbocycles. The lowest BCUT2D eigenvalue weighted by molar-refractivity contribution is 0.186. The van der Waals surface area contributed by atoms with Crippen LogP contribution in [0.25, 0.3) is 0 Å². The number of H-pyrrole nitrogens is 1. The molecular weight excluding hydrogens is 192 g/mol. The number of hydrogen-bond acceptors (Lipinski definition) is 2. The van der Waals surface area contributed by atoms with Gasteiger partial charge in [-0.15, -0.1) is 0 Å². The van der Waals surface area contributed by atoms with E-state index in [2.05, 4.69) is 15.3 Å². The largest absolute Gasteiger partial charge is 0.347 e. The van der Waals surface area contributed by atoms with E-state index in [4.69, 9.17) is 0 Å². The first-order valence-corrected chi connectivity index (χ1v) is 5.37. The number of nitrogens with one attached hydrogen (secondary N) is 2. The summed E-state index contributed by atoms with van der Waals surface area (Å²) in [5.74, 6) is 0.792. The van der Waals surface area contributed by atoms with Gasteiger partial charge in [-0.3, -0.25) is 0 Å². The molecule has 5 heteroatoms. The topological polar surface area (TPSA) is 61.0 Å². The number of likely N-dealkylation sites (tertiary alicyclic amines) is 1. The van der Waals surface area contributed by atoms with E-state index in [-0.39, 0.29) is 6.03 Å². The van der Waals surface area contributed by atoms with Crippen LogP contribution in [0.5, 0.6) is 0 Å². The maximum Gasteiger partial charge on any atom is 0.317 e. The van der Waals surface area contributed by atoms with Crippen molar-refractivity contribution in [2.45, 2.75) is 25.8 Å². The van der Waals surface area contributed by atoms with Gasteiger partial charge in [0.1, 0.15) is 5.82 Å². The minimum Gasteiger partial charge on any atom is -0.347 e. The second kappa shape index (κ2) is 4.82. The molecule has 1 fully saturated rings. The standard InChI is InChI=1S/C10H16N4O/c15-10(14-6-2-1-3-7-14)13-8-9-11-4-5-12-9/h4-5H,1-3,6-8H2,(H,11,12)(H,13,15). The Morgan fingerprint density at radius 2 is 2.27 bits per heavy atom. The summed E-state index contributed by atoms with van der Waals surface area (Å²) in [6, 6.07) is 0.0195. The number of hydrogen-bond donors (Lipinski definition) is 2. The zero-order valence-corrected chi connectivity index (χ0v) is 8.70. The number of nitrogens with zero attached hydrogens (tertiary/aromatic N) is 2. The third-order valence-electron chi connectivity index (χ3n) is 2.61. The maximum atomic E-state index is 11.7. The van der Waals surface area contributed by atoms with Gasteiger partial charge in [0.2, 0.25) is 0 Å². The fourth-order valence-electron chi connectivity index (χ4n) is 1.76. The second-order valence-electron chi connectivity index (χ2n) is 3.74. The molecule has 0 radical (unpaired) electrons. The molecule has 82 valence electrons. The quantitative estimate of drug-likeness (QED) is 0.764. The molecule has 1 aliphatic heterocycles. The average molecular weight is 208 g/mol. The Morgan fingerprint density at radius 1 is 1.47 bits per heavy atom. The van der Waals surface area contributed by atoms with Crippen molar-refractivity contribution in [2.75, 3.05) is 13.1 Å². The Bertz CT molecular complexity index is 303. The molecule has 0 aromatic carbocycles. The van der Waals surface area contributed by atoms with Crippen LogP contribution in [0, 0.1) is 0 Å². The van der Waals surface area contributed by atoms with Gasteiger partial charge in [0.25, 0.3) is 0 Å². The van der Waals surface area contributed by atoms with Crippen molar-refractivity contribution in [1.29, 1.82) is 0 Å². The van der Waals surface area contributed by atoms with Gasteiger partial charge in [0, 0.05) is 25.5 Å². The Kier molecular flexibility index (Phi) is 3.22. The van der Waals surface area contributed by atoms with Gasteiger partial charge in [0.15, 0.2) is 0 Å². The van der Waals surface area contributed by atoms with E-state index in [1.807, 2.05) is 4.90 Å². The van der Waals surface area contributed by atoms with Crippen molar-refractivity contribution >= 4 is 6.03 Å². The van der Waals surface area contributed by atoms with E-state index in [1.54, 1.807) is 12.4 Å². The number of urea groups is 1. The average Bonchev–Trinajstić information content (AvgIpc) is 2.80. The molecule has 0 bridgehead atoms. The zero-order chi connectivity index (χ0) is 10.5. The van der Waals surface area contributed by atoms with Crippen LogP contribution >= 0.6 is 0 Å². The monoisotopic (exact) mass is 208 g/mol. The van der Waals surface area contributed by atoms with Gasteiger partial charge in [-0.25, -0.2) is 9.78 Å². The number of carbonyl (C=O) groups excluding carboxylic acids is 1. The molecule has 5 nitrogen and oxygen atoms in total. The minimum atomic E-state index is 0.0195. The van der Waals surface area contributed by atoms with E-state index < -0.39 is 0 Å². The van der Waals surface area contributed by atoms with Crippen LogP contribution < -0.4 is 5.32 Å². The Balaban J connectivity index is 1.76. The van der Waals surface area contributed by atoms with Crippen LogP contribution in [0.2, 0.25) is 0 Å². The highest BCUT2D eigenvalue weighted by Gasteiger charge is 2.15. The molecule has 15 heavy (non-hydrogen) atoms. The summed E-state index contributed by atoms with van der Waals surface area (Å²) in [5, 5.41) is 2.85. The number of rotatable bonds is 2. The molecule has 2 amide bonds. The van der Waals surface area contributed by atoms with Gasteiger partial charge < -0.3 is 15.2 Å². The SMILES string of the molecule is O=C(NCc1ncc[nH]1)N1CCCCC1. The molecule has 1 aromatic heterocycles. The van der Waals surface area contributed by atoms with Crippen molar-refractivity contribution in [3.8, 4) is 0 Å². The highest BCUT2D eigenvalue weighted by molar-refractivity contribution is 5.74. The van der Waals surface area contributed by atoms with Crippen molar-refractivity contribution < 1.29 is 4.79 Å². The molecule has 2 heterocycles. The van der Waals surface area contributed by atoms with Gasteiger partial charge in [0.05, 0.1) is 6.54 Å². The van der Waals surface area contributed by atoms with E-state index >= 15 is 0 Å². The fraction of sp³-hybridized carbons (Fsp3) is 0.600. The van der Waals surface area contributed by atoms with Crippen LogP contribution in [0.15, 0.2) is 12.4 Å². The highest BCUT2D eigenvalue weighted by atomic mass is 16.2. The molecule has 0 unspecified atom stereocenters. The third-order valence-corrected chi connectivity index (χ3v) is 2.61. The smallest absolute Gasteiger partial charge is 0.317 e. The lowest BCUT2D eigenvalue weighted by Crippen LogP contribution is -2.42. The molecule has 0 atom stereocenters. The van der Waals surface area contributed by atoms with Crippen LogP contribution in [0.3, 0.4) is 0 Å². The minimum absolute atomic E-state index is 0.0195. The van der Waals surface area contributed by atoms with Crippen LogP contribution in [-0.2, 0) is 6.54 Å². The molecule has 2 rings (SSSR count). The number of amides is 2. The normalized spacial score (nSPS) is 16.4. The van der Waals surface area contributed by atoms with Gasteiger partial charge in [-0.05, 0) is 19.3 Å². The fourth-order valence-corrected chi connectivity index (χ4v) is 1.76. The molecule has 0 saturated carbocycles. The van der Waals surface area contributed by atoms with Gasteiger partial charge in [-0.1, -0.05) is 0 Å². The number of aromatic nitrogens is 2. The predicted molar refractivity (Wildman–Crippen MR) is 56.2 cm³/mol. The van der Waals surface area contributed by atoms with Gasteiger partial charge in [-0.2, -0.15) is 0 Å². The first-order valence-electron chi connectivity index (χ1n) is 5.37. The van der Waals surface area contributed by atoms with E-state index in [9.17, 15) is 4.79 Å². The summed E-state index contributed by atoms with van der Waals surface area (Å²) in [6.45, 7) is 2.23. The lowest BCUT2D eigenvalue weighted by Gasteiger charge is -2.26. The summed E-state index contributed by atoms with van der Waals surface area (Å²) in [5.41, 5.74) is 0. The molecule has 1 saturated heterocycles. The Hall–Kier alpha value is -1.52. The molecule has 0 spiro atoms. The molecule has 1 aliphatic rings. The van der Waals surface area contributed by atoms with Crippen LogP contribution in [-0.4, -0.2) is 34.0 Å². The van der Waals surface area contributed by atoms with E-state index in [0.29, 0.717) is 6.54 Å². The number of piperidine rings is 1. The van der Waals surface area contributed by atoms with E-state index in [1.165, 1.54) is 6.42 Å². The second-order valence-corrected chi connectivity index (χ2v) is 3.74. The maximum absolute atomic E-state index is 11.7. The summed E-state index contributed by atoms with van der Waals surface area (Å²) >= 11 is 0. The van der Waals surface area contributed by atoms with Crippen molar-refractivity contribution in [1.82, 2.24) is 20.2 Å². The first-order chi connectivity index (χ1) is 7.36. The molecule has 1 aromatic rings. The Morgan fingerprint density at radius 3 is 2.93 bits per heavy atom. The van der Waals surface area contributed by atoms with E-state index in [0.717, 1.165) is 31.8 Å². The predicted octanol–water partition coefficient (Wildman–Crippen LogP) is 1.11. The number of aromatic amines is 1. The first kappa shape index (κ1) is 10.0. The highest BCUT2D eigenvalue weighted by Crippen LogP contribution is 2.08. The van der Waals surface area contributed by atoms with Crippen LogP contribution in [0.1, 0.15) is 25.1 Å². The number of carbonyl (C=O) groups is 1. The Labute approximate surface area is 88.9 Å². The van der Waals surface area contributed by atoms with Crippen molar-refractivity contribution in [2.24, 2.45) is 0 Å². The summed E-state index contributed by atoms with van der Waals surface area (Å²) in [6.07, 6.45) is 6.91. The summed E-state index contributed by atoms with van der Waals surface area (Å²) in [7, 11) is 0.